The summed E-state index contributed by atoms with van der Waals surface area (Å²) in [6, 6.07) is 7.93. The van der Waals surface area contributed by atoms with E-state index in [1.807, 2.05) is 4.90 Å². The van der Waals surface area contributed by atoms with Gasteiger partial charge in [0.05, 0.1) is 29.7 Å². The lowest BCUT2D eigenvalue weighted by Gasteiger charge is -2.40. The highest BCUT2D eigenvalue weighted by Crippen LogP contribution is 2.38. The lowest BCUT2D eigenvalue weighted by Crippen LogP contribution is -2.57. The molecule has 0 spiro atoms. The minimum Gasteiger partial charge on any atom is -0.463 e. The van der Waals surface area contributed by atoms with Crippen molar-refractivity contribution < 1.29 is 27.8 Å². The van der Waals surface area contributed by atoms with Crippen LogP contribution in [-0.4, -0.2) is 107 Å². The molecule has 50 heavy (non-hydrogen) atoms. The molecule has 3 saturated heterocycles. The van der Waals surface area contributed by atoms with Crippen LogP contribution in [0.15, 0.2) is 36.5 Å². The molecule has 14 heteroatoms. The summed E-state index contributed by atoms with van der Waals surface area (Å²) in [5.41, 5.74) is -0.446. The molecule has 11 nitrogen and oxygen atoms in total. The summed E-state index contributed by atoms with van der Waals surface area (Å²) in [4.78, 5) is 36.3. The first kappa shape index (κ1) is 34.1. The molecule has 3 aliphatic heterocycles. The highest BCUT2D eigenvalue weighted by atomic mass is 35.5. The van der Waals surface area contributed by atoms with Gasteiger partial charge in [-0.05, 0) is 45.1 Å². The minimum atomic E-state index is -0.734. The summed E-state index contributed by atoms with van der Waals surface area (Å²) in [5.74, 6) is -0.985. The van der Waals surface area contributed by atoms with E-state index < -0.39 is 29.4 Å². The molecule has 0 radical (unpaired) electrons. The number of hydrogen-bond acceptors (Lipinski definition) is 9. The Bertz CT molecular complexity index is 1990. The number of halogens is 3. The molecular formula is C36H38ClF2N7O4. The van der Waals surface area contributed by atoms with Crippen molar-refractivity contribution in [1.82, 2.24) is 24.8 Å². The molecule has 3 aliphatic rings. The van der Waals surface area contributed by atoms with Crippen molar-refractivity contribution in [2.45, 2.75) is 57.4 Å². The molecule has 3 fully saturated rings. The van der Waals surface area contributed by atoms with E-state index in [-0.39, 0.29) is 41.9 Å². The highest BCUT2D eigenvalue weighted by molar-refractivity contribution is 6.36. The molecule has 3 atom stereocenters. The van der Waals surface area contributed by atoms with E-state index in [2.05, 4.69) is 19.7 Å². The van der Waals surface area contributed by atoms with Gasteiger partial charge in [-0.2, -0.15) is 9.97 Å². The number of anilines is 1. The summed E-state index contributed by atoms with van der Waals surface area (Å²) in [5, 5.41) is 1.18. The fourth-order valence-corrected chi connectivity index (χ4v) is 7.35. The van der Waals surface area contributed by atoms with E-state index in [0.29, 0.717) is 59.3 Å². The minimum absolute atomic E-state index is 0.00637. The quantitative estimate of drug-likeness (QED) is 0.153. The van der Waals surface area contributed by atoms with Crippen molar-refractivity contribution in [2.24, 2.45) is 0 Å². The SMILES string of the molecule is [C-]#[N+]C[C@H]1CN(c2nc(OCCCN3C[C@@H]4C[C@H]3CO4)nc3c(F)c(-c4cccc5ccc(F)c(Cl)c45)ncc23)CCN1C(=O)OC(C)(C)C. The van der Waals surface area contributed by atoms with Gasteiger partial charge in [-0.1, -0.05) is 35.9 Å². The number of ether oxygens (including phenoxy) is 3. The van der Waals surface area contributed by atoms with E-state index >= 15 is 4.39 Å². The van der Waals surface area contributed by atoms with E-state index in [1.54, 1.807) is 49.9 Å². The number of piperazine rings is 1. The van der Waals surface area contributed by atoms with E-state index in [4.69, 9.17) is 37.4 Å². The number of pyridine rings is 1. The third-order valence-electron chi connectivity index (χ3n) is 9.38. The van der Waals surface area contributed by atoms with Gasteiger partial charge in [0.25, 0.3) is 0 Å². The molecule has 0 N–H and O–H groups in total. The van der Waals surface area contributed by atoms with Crippen LogP contribution in [0.5, 0.6) is 6.01 Å². The van der Waals surface area contributed by atoms with Crippen molar-refractivity contribution in [1.29, 1.82) is 0 Å². The Morgan fingerprint density at radius 3 is 2.74 bits per heavy atom. The molecular weight excluding hydrogens is 668 g/mol. The average Bonchev–Trinajstić information content (AvgIpc) is 3.72. The number of fused-ring (bicyclic) bond motifs is 4. The summed E-state index contributed by atoms with van der Waals surface area (Å²) >= 11 is 6.41. The Labute approximate surface area is 293 Å². The second-order valence-corrected chi connectivity index (χ2v) is 14.3. The van der Waals surface area contributed by atoms with Gasteiger partial charge in [0.2, 0.25) is 6.54 Å². The van der Waals surface area contributed by atoms with Crippen LogP contribution >= 0.6 is 11.6 Å². The van der Waals surface area contributed by atoms with Gasteiger partial charge in [-0.25, -0.2) is 20.1 Å². The predicted molar refractivity (Wildman–Crippen MR) is 185 cm³/mol. The van der Waals surface area contributed by atoms with Crippen LogP contribution in [0, 0.1) is 18.2 Å². The van der Waals surface area contributed by atoms with Gasteiger partial charge in [0.15, 0.2) is 5.82 Å². The van der Waals surface area contributed by atoms with Crippen LogP contribution in [0.25, 0.3) is 37.8 Å². The first-order valence-electron chi connectivity index (χ1n) is 16.8. The fraction of sp³-hybridized carbons (Fsp3) is 0.472. The monoisotopic (exact) mass is 705 g/mol. The maximum absolute atomic E-state index is 16.8. The van der Waals surface area contributed by atoms with Crippen molar-refractivity contribution in [2.75, 3.05) is 57.4 Å². The number of rotatable bonds is 8. The van der Waals surface area contributed by atoms with Crippen molar-refractivity contribution >= 4 is 45.2 Å². The second-order valence-electron chi connectivity index (χ2n) is 13.9. The summed E-state index contributed by atoms with van der Waals surface area (Å²) in [6.45, 7) is 16.6. The Morgan fingerprint density at radius 2 is 2.00 bits per heavy atom. The molecule has 262 valence electrons. The van der Waals surface area contributed by atoms with Gasteiger partial charge in [0, 0.05) is 55.9 Å². The van der Waals surface area contributed by atoms with Gasteiger partial charge < -0.3 is 24.0 Å². The number of carbonyl (C=O) groups excluding carboxylic acids is 1. The molecule has 4 aromatic rings. The van der Waals surface area contributed by atoms with Gasteiger partial charge in [0.1, 0.15) is 34.5 Å². The number of morpholine rings is 1. The van der Waals surface area contributed by atoms with E-state index in [0.717, 1.165) is 26.1 Å². The number of nitrogens with zero attached hydrogens (tertiary/aromatic N) is 7. The number of likely N-dealkylation sites (tertiary alicyclic amines) is 1. The predicted octanol–water partition coefficient (Wildman–Crippen LogP) is 6.36. The molecule has 0 unspecified atom stereocenters. The van der Waals surface area contributed by atoms with Gasteiger partial charge in [-0.15, -0.1) is 0 Å². The topological polar surface area (TPSA) is 97.5 Å². The molecule has 2 aromatic heterocycles. The third-order valence-corrected chi connectivity index (χ3v) is 9.75. The molecule has 5 heterocycles. The lowest BCUT2D eigenvalue weighted by molar-refractivity contribution is 0.0155. The summed E-state index contributed by atoms with van der Waals surface area (Å²) < 4.78 is 48.8. The normalized spacial score (nSPS) is 20.9. The van der Waals surface area contributed by atoms with Gasteiger partial charge >= 0.3 is 12.1 Å². The number of hydrogen-bond donors (Lipinski definition) is 0. The van der Waals surface area contributed by atoms with Crippen molar-refractivity contribution in [3.63, 3.8) is 0 Å². The number of carbonyl (C=O) groups is 1. The van der Waals surface area contributed by atoms with Crippen LogP contribution < -0.4 is 9.64 Å². The Balaban J connectivity index is 1.24. The summed E-state index contributed by atoms with van der Waals surface area (Å²) in [7, 11) is 0. The third kappa shape index (κ3) is 6.72. The maximum Gasteiger partial charge on any atom is 0.410 e. The molecule has 0 aliphatic carbocycles. The zero-order chi connectivity index (χ0) is 35.2. The van der Waals surface area contributed by atoms with E-state index in [1.165, 1.54) is 12.3 Å². The average molecular weight is 706 g/mol. The summed E-state index contributed by atoms with van der Waals surface area (Å²) in [6.07, 6.45) is 3.06. The molecule has 2 bridgehead atoms. The Kier molecular flexibility index (Phi) is 9.36. The number of benzene rings is 2. The fourth-order valence-electron chi connectivity index (χ4n) is 7.08. The van der Waals surface area contributed by atoms with E-state index in [9.17, 15) is 9.18 Å². The Hall–Kier alpha value is -4.38. The lowest BCUT2D eigenvalue weighted by atomic mass is 10.0. The highest BCUT2D eigenvalue weighted by Gasteiger charge is 2.39. The van der Waals surface area contributed by atoms with Crippen LogP contribution in [0.2, 0.25) is 5.02 Å². The zero-order valence-corrected chi connectivity index (χ0v) is 28.9. The molecule has 7 rings (SSSR count). The number of aromatic nitrogens is 3. The molecule has 2 aromatic carbocycles. The van der Waals surface area contributed by atoms with Crippen LogP contribution in [-0.2, 0) is 9.47 Å². The first-order chi connectivity index (χ1) is 24.0. The maximum atomic E-state index is 16.8. The molecule has 1 amide bonds. The first-order valence-corrected chi connectivity index (χ1v) is 17.2. The number of amides is 1. The van der Waals surface area contributed by atoms with Gasteiger partial charge in [-0.3, -0.25) is 14.8 Å². The van der Waals surface area contributed by atoms with Crippen molar-refractivity contribution in [3.8, 4) is 17.3 Å². The largest absolute Gasteiger partial charge is 0.463 e. The zero-order valence-electron chi connectivity index (χ0n) is 28.2. The molecule has 0 saturated carbocycles. The smallest absolute Gasteiger partial charge is 0.410 e. The standard InChI is InChI=1S/C36H38ClF2N7O4/c1-36(2,3)50-35(47)46-13-12-45(18-23(46)16-40-4)33-26-17-41-31(25-8-5-7-21-9-10-27(38)29(37)28(21)25)30(39)32(26)42-34(43-33)48-14-6-11-44-19-24-15-22(44)20-49-24/h5,7-10,17,22-24H,6,11-16,18-20H2,1-3H3/t22-,23-,24-/m0/s1. The van der Waals surface area contributed by atoms with Crippen LogP contribution in [0.3, 0.4) is 0 Å². The van der Waals surface area contributed by atoms with Crippen LogP contribution in [0.1, 0.15) is 33.6 Å². The Morgan fingerprint density at radius 1 is 1.16 bits per heavy atom. The van der Waals surface area contributed by atoms with Crippen LogP contribution in [0.4, 0.5) is 19.4 Å². The van der Waals surface area contributed by atoms with Crippen molar-refractivity contribution in [3.05, 3.63) is 64.6 Å². The second kappa shape index (κ2) is 13.7.